The lowest BCUT2D eigenvalue weighted by atomic mass is 10.2. The molecule has 0 amide bonds. The Bertz CT molecular complexity index is 489. The smallest absolute Gasteiger partial charge is 0.248 e. The van der Waals surface area contributed by atoms with Crippen molar-refractivity contribution in [3.05, 3.63) is 11.5 Å². The molecular formula is C10H17N3O3S. The molecule has 2 N–H and O–H groups in total. The molecule has 1 saturated heterocycles. The van der Waals surface area contributed by atoms with Gasteiger partial charge in [-0.1, -0.05) is 5.16 Å². The van der Waals surface area contributed by atoms with Crippen LogP contribution in [0.3, 0.4) is 0 Å². The Morgan fingerprint density at radius 1 is 1.53 bits per heavy atom. The van der Waals surface area contributed by atoms with Gasteiger partial charge in [0.15, 0.2) is 5.76 Å². The van der Waals surface area contributed by atoms with Crippen molar-refractivity contribution in [2.45, 2.75) is 37.6 Å². The fraction of sp³-hybridized carbons (Fsp3) is 0.700. The second-order valence-corrected chi connectivity index (χ2v) is 6.13. The molecule has 1 aromatic rings. The fourth-order valence-electron chi connectivity index (χ4n) is 2.32. The molecule has 0 saturated carbocycles. The minimum Gasteiger partial charge on any atom is -0.360 e. The first kappa shape index (κ1) is 12.5. The van der Waals surface area contributed by atoms with Gasteiger partial charge >= 0.3 is 0 Å². The summed E-state index contributed by atoms with van der Waals surface area (Å²) >= 11 is 0. The van der Waals surface area contributed by atoms with Gasteiger partial charge in [-0.2, -0.15) is 4.31 Å². The van der Waals surface area contributed by atoms with Crippen molar-refractivity contribution in [3.63, 3.8) is 0 Å². The van der Waals surface area contributed by atoms with Gasteiger partial charge in [-0.3, -0.25) is 0 Å². The Hall–Kier alpha value is -0.920. The molecule has 1 aliphatic rings. The summed E-state index contributed by atoms with van der Waals surface area (Å²) in [7, 11) is -3.52. The fourth-order valence-corrected chi connectivity index (χ4v) is 4.32. The predicted octanol–water partition coefficient (Wildman–Crippen LogP) is 0.403. The quantitative estimate of drug-likeness (QED) is 0.848. The maximum absolute atomic E-state index is 12.5. The maximum Gasteiger partial charge on any atom is 0.248 e. The van der Waals surface area contributed by atoms with Crippen LogP contribution in [0.25, 0.3) is 0 Å². The molecule has 6 nitrogen and oxygen atoms in total. The summed E-state index contributed by atoms with van der Waals surface area (Å²) in [5, 5.41) is 3.69. The molecule has 0 aliphatic carbocycles. The third-order valence-corrected chi connectivity index (χ3v) is 5.33. The van der Waals surface area contributed by atoms with Gasteiger partial charge in [0, 0.05) is 19.1 Å². The zero-order valence-corrected chi connectivity index (χ0v) is 10.8. The van der Waals surface area contributed by atoms with Crippen molar-refractivity contribution in [1.82, 2.24) is 9.46 Å². The van der Waals surface area contributed by atoms with Crippen molar-refractivity contribution >= 4 is 10.0 Å². The highest BCUT2D eigenvalue weighted by atomic mass is 32.2. The number of aromatic nitrogens is 1. The Balaban J connectivity index is 2.43. The van der Waals surface area contributed by atoms with Gasteiger partial charge in [0.1, 0.15) is 10.6 Å². The molecule has 1 atom stereocenters. The van der Waals surface area contributed by atoms with E-state index in [1.165, 1.54) is 4.31 Å². The summed E-state index contributed by atoms with van der Waals surface area (Å²) in [6.45, 7) is 4.12. The lowest BCUT2D eigenvalue weighted by molar-refractivity contribution is 0.383. The van der Waals surface area contributed by atoms with Crippen molar-refractivity contribution in [1.29, 1.82) is 0 Å². The highest BCUT2D eigenvalue weighted by Crippen LogP contribution is 2.29. The molecule has 17 heavy (non-hydrogen) atoms. The van der Waals surface area contributed by atoms with E-state index < -0.39 is 10.0 Å². The Kier molecular flexibility index (Phi) is 3.24. The van der Waals surface area contributed by atoms with Crippen LogP contribution in [0.4, 0.5) is 0 Å². The summed E-state index contributed by atoms with van der Waals surface area (Å²) in [6.07, 6.45) is 1.67. The third-order valence-electron chi connectivity index (χ3n) is 3.13. The summed E-state index contributed by atoms with van der Waals surface area (Å²) < 4.78 is 31.3. The van der Waals surface area contributed by atoms with Gasteiger partial charge in [-0.15, -0.1) is 0 Å². The number of nitrogens with zero attached hydrogens (tertiary/aromatic N) is 2. The minimum atomic E-state index is -3.52. The second-order valence-electron chi connectivity index (χ2n) is 4.30. The monoisotopic (exact) mass is 259 g/mol. The lowest BCUT2D eigenvalue weighted by Crippen LogP contribution is -2.40. The van der Waals surface area contributed by atoms with E-state index in [0.29, 0.717) is 24.5 Å². The topological polar surface area (TPSA) is 89.4 Å². The number of hydrogen-bond acceptors (Lipinski definition) is 5. The highest BCUT2D eigenvalue weighted by molar-refractivity contribution is 7.89. The van der Waals surface area contributed by atoms with Crippen LogP contribution in [0.15, 0.2) is 9.42 Å². The van der Waals surface area contributed by atoms with Crippen LogP contribution in [0, 0.1) is 13.8 Å². The normalized spacial score (nSPS) is 22.2. The van der Waals surface area contributed by atoms with Gasteiger partial charge in [0.2, 0.25) is 10.0 Å². The van der Waals surface area contributed by atoms with E-state index in [9.17, 15) is 8.42 Å². The molecule has 0 radical (unpaired) electrons. The molecule has 96 valence electrons. The Morgan fingerprint density at radius 2 is 2.24 bits per heavy atom. The Morgan fingerprint density at radius 3 is 2.76 bits per heavy atom. The maximum atomic E-state index is 12.5. The largest absolute Gasteiger partial charge is 0.360 e. The van der Waals surface area contributed by atoms with Crippen LogP contribution < -0.4 is 5.73 Å². The molecule has 1 aliphatic heterocycles. The van der Waals surface area contributed by atoms with Crippen LogP contribution in [-0.4, -0.2) is 37.0 Å². The number of rotatable bonds is 3. The third kappa shape index (κ3) is 1.98. The first-order valence-corrected chi connectivity index (χ1v) is 7.07. The number of nitrogens with two attached hydrogens (primary N) is 1. The minimum absolute atomic E-state index is 0.103. The van der Waals surface area contributed by atoms with Gasteiger partial charge in [0.05, 0.1) is 0 Å². The average Bonchev–Trinajstić information content (AvgIpc) is 2.85. The van der Waals surface area contributed by atoms with Crippen LogP contribution in [0.5, 0.6) is 0 Å². The predicted molar refractivity (Wildman–Crippen MR) is 61.9 cm³/mol. The van der Waals surface area contributed by atoms with E-state index in [4.69, 9.17) is 10.3 Å². The summed E-state index contributed by atoms with van der Waals surface area (Å²) in [4.78, 5) is 0.192. The molecule has 2 heterocycles. The van der Waals surface area contributed by atoms with Gasteiger partial charge < -0.3 is 10.3 Å². The molecule has 2 rings (SSSR count). The molecule has 0 aromatic carbocycles. The van der Waals surface area contributed by atoms with Crippen molar-refractivity contribution in [2.75, 3.05) is 13.1 Å². The highest BCUT2D eigenvalue weighted by Gasteiger charge is 2.37. The average molecular weight is 259 g/mol. The van der Waals surface area contributed by atoms with Crippen molar-refractivity contribution in [3.8, 4) is 0 Å². The van der Waals surface area contributed by atoms with E-state index in [1.807, 2.05) is 0 Å². The summed E-state index contributed by atoms with van der Waals surface area (Å²) in [5.74, 6) is 0.338. The van der Waals surface area contributed by atoms with Crippen LogP contribution in [-0.2, 0) is 10.0 Å². The lowest BCUT2D eigenvalue weighted by Gasteiger charge is -2.22. The van der Waals surface area contributed by atoms with Gasteiger partial charge in [-0.05, 0) is 26.7 Å². The molecule has 0 spiro atoms. The standard InChI is InChI=1S/C10H17N3O3S/c1-7-10(8(2)16-12-7)17(14,15)13-5-3-4-9(13)6-11/h9H,3-6,11H2,1-2H3. The van der Waals surface area contributed by atoms with Crippen molar-refractivity contribution in [2.24, 2.45) is 5.73 Å². The first-order chi connectivity index (χ1) is 7.98. The zero-order chi connectivity index (χ0) is 12.6. The molecule has 1 fully saturated rings. The van der Waals surface area contributed by atoms with E-state index in [0.717, 1.165) is 12.8 Å². The summed E-state index contributed by atoms with van der Waals surface area (Å²) in [5.41, 5.74) is 6.01. The van der Waals surface area contributed by atoms with Gasteiger partial charge in [-0.25, -0.2) is 8.42 Å². The van der Waals surface area contributed by atoms with Crippen molar-refractivity contribution < 1.29 is 12.9 Å². The number of aryl methyl sites for hydroxylation is 2. The molecular weight excluding hydrogens is 242 g/mol. The van der Waals surface area contributed by atoms with E-state index in [2.05, 4.69) is 5.16 Å². The zero-order valence-electron chi connectivity index (χ0n) is 10.0. The second kappa shape index (κ2) is 4.40. The van der Waals surface area contributed by atoms with E-state index in [-0.39, 0.29) is 10.9 Å². The summed E-state index contributed by atoms with van der Waals surface area (Å²) in [6, 6.07) is -0.103. The van der Waals surface area contributed by atoms with Crippen LogP contribution in [0.1, 0.15) is 24.3 Å². The molecule has 0 bridgehead atoms. The molecule has 1 unspecified atom stereocenters. The SMILES string of the molecule is Cc1noc(C)c1S(=O)(=O)N1CCCC1CN. The number of hydrogen-bond donors (Lipinski definition) is 1. The van der Waals surface area contributed by atoms with Gasteiger partial charge in [0.25, 0.3) is 0 Å². The van der Waals surface area contributed by atoms with E-state index >= 15 is 0 Å². The first-order valence-electron chi connectivity index (χ1n) is 5.63. The van der Waals surface area contributed by atoms with Crippen LogP contribution in [0.2, 0.25) is 0 Å². The Labute approximate surface area is 101 Å². The molecule has 7 heteroatoms. The number of sulfonamides is 1. The molecule has 1 aromatic heterocycles. The van der Waals surface area contributed by atoms with E-state index in [1.54, 1.807) is 13.8 Å². The van der Waals surface area contributed by atoms with Crippen LogP contribution >= 0.6 is 0 Å².